The number of hydrogen-bond acceptors (Lipinski definition) is 3. The number of likely N-dealkylation sites (tertiary alicyclic amines) is 1. The molecule has 2 aliphatic carbocycles. The van der Waals surface area contributed by atoms with E-state index < -0.39 is 0 Å². The van der Waals surface area contributed by atoms with Crippen LogP contribution in [0.4, 0.5) is 0 Å². The second kappa shape index (κ2) is 5.67. The standard InChI is InChI=1S/C24H20N2O3/c1-29-13-14-6-7-19-15(8-14)9-20(25-19)23(28)26-12-16-11-24(16)18-5-3-2-4-17(18)21(27)10-22(24)26/h2-10,16,25H,11-13H2,1H3/t16-,24?/m1/s1. The van der Waals surface area contributed by atoms with Gasteiger partial charge in [0.2, 0.25) is 0 Å². The Morgan fingerprint density at radius 1 is 1.24 bits per heavy atom. The van der Waals surface area contributed by atoms with Gasteiger partial charge in [0.1, 0.15) is 5.69 Å². The fourth-order valence-corrected chi connectivity index (χ4v) is 5.28. The molecule has 6 rings (SSSR count). The highest BCUT2D eigenvalue weighted by Crippen LogP contribution is 2.66. The van der Waals surface area contributed by atoms with Gasteiger partial charge in [0, 0.05) is 47.3 Å². The number of ether oxygens (including phenoxy) is 1. The number of hydrogen-bond donors (Lipinski definition) is 1. The first-order valence-electron chi connectivity index (χ1n) is 9.90. The zero-order valence-corrected chi connectivity index (χ0v) is 16.1. The number of benzene rings is 2. The zero-order chi connectivity index (χ0) is 19.8. The molecule has 1 spiro atoms. The Morgan fingerprint density at radius 2 is 2.10 bits per heavy atom. The Morgan fingerprint density at radius 3 is 2.97 bits per heavy atom. The number of methoxy groups -OCH3 is 1. The van der Waals surface area contributed by atoms with Gasteiger partial charge in [-0.25, -0.2) is 0 Å². The van der Waals surface area contributed by atoms with Crippen LogP contribution in [0.3, 0.4) is 0 Å². The number of H-pyrrole nitrogens is 1. The molecule has 1 aromatic heterocycles. The Kier molecular flexibility index (Phi) is 3.28. The van der Waals surface area contributed by atoms with E-state index in [2.05, 4.69) is 11.1 Å². The van der Waals surface area contributed by atoms with Gasteiger partial charge in [-0.2, -0.15) is 0 Å². The van der Waals surface area contributed by atoms with E-state index in [1.165, 1.54) is 0 Å². The summed E-state index contributed by atoms with van der Waals surface area (Å²) in [6.45, 7) is 1.20. The monoisotopic (exact) mass is 384 g/mol. The molecule has 1 aliphatic heterocycles. The first kappa shape index (κ1) is 16.7. The first-order chi connectivity index (χ1) is 14.1. The smallest absolute Gasteiger partial charge is 0.274 e. The Hall–Kier alpha value is -3.18. The summed E-state index contributed by atoms with van der Waals surface area (Å²) in [5.41, 5.74) is 5.13. The van der Waals surface area contributed by atoms with Gasteiger partial charge < -0.3 is 14.6 Å². The number of piperidine rings is 1. The van der Waals surface area contributed by atoms with Gasteiger partial charge >= 0.3 is 0 Å². The van der Waals surface area contributed by atoms with Gasteiger partial charge in [-0.3, -0.25) is 9.59 Å². The molecule has 1 N–H and O–H groups in total. The number of nitrogens with zero attached hydrogens (tertiary/aromatic N) is 1. The summed E-state index contributed by atoms with van der Waals surface area (Å²) < 4.78 is 5.20. The lowest BCUT2D eigenvalue weighted by Crippen LogP contribution is -2.33. The third-order valence-corrected chi connectivity index (χ3v) is 6.67. The highest BCUT2D eigenvalue weighted by atomic mass is 16.5. The average Bonchev–Trinajstić information content (AvgIpc) is 3.12. The maximum absolute atomic E-state index is 13.4. The molecule has 29 heavy (non-hydrogen) atoms. The Labute approximate surface area is 168 Å². The van der Waals surface area contributed by atoms with E-state index in [0.29, 0.717) is 24.8 Å². The number of fused-ring (bicyclic) bond motifs is 2. The number of aromatic nitrogens is 1. The van der Waals surface area contributed by atoms with Crippen LogP contribution in [0.15, 0.2) is 60.3 Å². The number of nitrogens with one attached hydrogen (secondary N) is 1. The van der Waals surface area contributed by atoms with E-state index in [4.69, 9.17) is 4.74 Å². The largest absolute Gasteiger partial charge is 0.380 e. The molecule has 3 aliphatic rings. The third-order valence-electron chi connectivity index (χ3n) is 6.67. The van der Waals surface area contributed by atoms with Crippen LogP contribution in [0.2, 0.25) is 0 Å². The van der Waals surface area contributed by atoms with Crippen molar-refractivity contribution >= 4 is 22.6 Å². The molecule has 2 aromatic carbocycles. The Bertz CT molecular complexity index is 1240. The molecule has 2 atom stereocenters. The summed E-state index contributed by atoms with van der Waals surface area (Å²) in [5.74, 6) is 0.316. The van der Waals surface area contributed by atoms with Crippen molar-refractivity contribution in [3.63, 3.8) is 0 Å². The predicted molar refractivity (Wildman–Crippen MR) is 109 cm³/mol. The van der Waals surface area contributed by atoms with Crippen LogP contribution >= 0.6 is 0 Å². The number of carbonyl (C=O) groups is 2. The fraction of sp³-hybridized carbons (Fsp3) is 0.250. The van der Waals surface area contributed by atoms with Crippen molar-refractivity contribution in [1.29, 1.82) is 0 Å². The van der Waals surface area contributed by atoms with E-state index in [1.807, 2.05) is 47.4 Å². The lowest BCUT2D eigenvalue weighted by molar-refractivity contribution is 0.0806. The third kappa shape index (κ3) is 2.19. The maximum atomic E-state index is 13.4. The normalized spacial score (nSPS) is 24.2. The predicted octanol–water partition coefficient (Wildman–Crippen LogP) is 3.81. The molecule has 1 saturated carbocycles. The summed E-state index contributed by atoms with van der Waals surface area (Å²) in [4.78, 5) is 31.1. The minimum atomic E-state index is -0.155. The topological polar surface area (TPSA) is 62.4 Å². The number of rotatable bonds is 3. The Balaban J connectivity index is 1.38. The van der Waals surface area contributed by atoms with E-state index in [1.54, 1.807) is 13.2 Å². The van der Waals surface area contributed by atoms with E-state index in [0.717, 1.165) is 39.7 Å². The minimum absolute atomic E-state index is 0.00701. The van der Waals surface area contributed by atoms with Crippen molar-refractivity contribution < 1.29 is 14.3 Å². The second-order valence-corrected chi connectivity index (χ2v) is 8.27. The first-order valence-corrected chi connectivity index (χ1v) is 9.90. The van der Waals surface area contributed by atoms with E-state index >= 15 is 0 Å². The summed E-state index contributed by atoms with van der Waals surface area (Å²) in [7, 11) is 1.67. The average molecular weight is 384 g/mol. The number of aromatic amines is 1. The fourth-order valence-electron chi connectivity index (χ4n) is 5.28. The zero-order valence-electron chi connectivity index (χ0n) is 16.1. The summed E-state index contributed by atoms with van der Waals surface area (Å²) in [6.07, 6.45) is 2.70. The molecule has 2 heterocycles. The molecular weight excluding hydrogens is 364 g/mol. The van der Waals surface area contributed by atoms with Crippen LogP contribution in [-0.2, 0) is 16.8 Å². The van der Waals surface area contributed by atoms with Gasteiger partial charge in [-0.15, -0.1) is 0 Å². The van der Waals surface area contributed by atoms with E-state index in [-0.39, 0.29) is 17.1 Å². The number of carbonyl (C=O) groups excluding carboxylic acids is 2. The van der Waals surface area contributed by atoms with Crippen molar-refractivity contribution in [3.05, 3.63) is 82.7 Å². The molecule has 5 heteroatoms. The molecule has 1 saturated heterocycles. The molecule has 2 fully saturated rings. The lowest BCUT2D eigenvalue weighted by atomic mass is 9.81. The highest BCUT2D eigenvalue weighted by Gasteiger charge is 2.67. The molecule has 0 bridgehead atoms. The van der Waals surface area contributed by atoms with Crippen molar-refractivity contribution in [2.45, 2.75) is 18.4 Å². The van der Waals surface area contributed by atoms with Gasteiger partial charge in [-0.05, 0) is 41.7 Å². The van der Waals surface area contributed by atoms with Crippen LogP contribution in [0.25, 0.3) is 10.9 Å². The summed E-state index contributed by atoms with van der Waals surface area (Å²) in [5, 5.41) is 0.987. The molecule has 5 nitrogen and oxygen atoms in total. The molecular formula is C24H20N2O3. The van der Waals surface area contributed by atoms with Gasteiger partial charge in [0.25, 0.3) is 5.91 Å². The quantitative estimate of drug-likeness (QED) is 0.747. The minimum Gasteiger partial charge on any atom is -0.380 e. The van der Waals surface area contributed by atoms with Crippen molar-refractivity contribution in [2.24, 2.45) is 5.92 Å². The lowest BCUT2D eigenvalue weighted by Gasteiger charge is -2.29. The SMILES string of the molecule is COCc1ccc2[nH]c(C(=O)N3C[C@H]4CC45C3=CC(=O)c3ccccc35)cc2c1. The van der Waals surface area contributed by atoms with Crippen molar-refractivity contribution in [1.82, 2.24) is 9.88 Å². The molecule has 0 radical (unpaired) electrons. The van der Waals surface area contributed by atoms with E-state index in [9.17, 15) is 9.59 Å². The van der Waals surface area contributed by atoms with Crippen LogP contribution in [0.1, 0.15) is 38.4 Å². The van der Waals surface area contributed by atoms with Crippen LogP contribution in [0, 0.1) is 5.92 Å². The second-order valence-electron chi connectivity index (χ2n) is 8.27. The van der Waals surface area contributed by atoms with Crippen molar-refractivity contribution in [2.75, 3.05) is 13.7 Å². The van der Waals surface area contributed by atoms with Crippen LogP contribution < -0.4 is 0 Å². The summed E-state index contributed by atoms with van der Waals surface area (Å²) >= 11 is 0. The highest BCUT2D eigenvalue weighted by molar-refractivity contribution is 6.10. The maximum Gasteiger partial charge on any atom is 0.274 e. The molecule has 1 unspecified atom stereocenters. The molecule has 3 aromatic rings. The number of allylic oxidation sites excluding steroid dienone is 2. The van der Waals surface area contributed by atoms with Gasteiger partial charge in [0.05, 0.1) is 6.61 Å². The number of ketones is 1. The number of amides is 1. The van der Waals surface area contributed by atoms with Gasteiger partial charge in [-0.1, -0.05) is 30.3 Å². The molecule has 144 valence electrons. The summed E-state index contributed by atoms with van der Waals surface area (Å²) in [6, 6.07) is 15.7. The van der Waals surface area contributed by atoms with Crippen LogP contribution in [0.5, 0.6) is 0 Å². The van der Waals surface area contributed by atoms with Gasteiger partial charge in [0.15, 0.2) is 5.78 Å². The van der Waals surface area contributed by atoms with Crippen molar-refractivity contribution in [3.8, 4) is 0 Å². The van der Waals surface area contributed by atoms with Crippen LogP contribution in [-0.4, -0.2) is 35.2 Å². The molecule has 1 amide bonds.